The van der Waals surface area contributed by atoms with Crippen LogP contribution < -0.4 is 5.73 Å². The number of sulfonamides is 1. The summed E-state index contributed by atoms with van der Waals surface area (Å²) < 4.78 is 26.6. The highest BCUT2D eigenvalue weighted by molar-refractivity contribution is 7.89. The van der Waals surface area contributed by atoms with Crippen LogP contribution in [0.2, 0.25) is 0 Å². The number of thiazole rings is 1. The second-order valence-corrected chi connectivity index (χ2v) is 8.75. The van der Waals surface area contributed by atoms with Crippen LogP contribution in [0.15, 0.2) is 16.5 Å². The minimum absolute atomic E-state index is 0.339. The zero-order valence-electron chi connectivity index (χ0n) is 11.6. The van der Waals surface area contributed by atoms with E-state index in [0.717, 1.165) is 20.3 Å². The van der Waals surface area contributed by atoms with Crippen molar-refractivity contribution in [3.63, 3.8) is 0 Å². The lowest BCUT2D eigenvalue weighted by Gasteiger charge is -2.16. The monoisotopic (exact) mass is 331 g/mol. The summed E-state index contributed by atoms with van der Waals surface area (Å²) in [6.45, 7) is 4.39. The number of hydrogen-bond acceptors (Lipinski definition) is 6. The predicted molar refractivity (Wildman–Crippen MR) is 82.5 cm³/mol. The van der Waals surface area contributed by atoms with Crippen molar-refractivity contribution in [2.45, 2.75) is 31.8 Å². The molecule has 0 spiro atoms. The third-order valence-corrected chi connectivity index (χ3v) is 7.08. The molecule has 2 N–H and O–H groups in total. The lowest BCUT2D eigenvalue weighted by Crippen LogP contribution is -2.26. The van der Waals surface area contributed by atoms with Crippen molar-refractivity contribution in [2.24, 2.45) is 5.73 Å². The Bertz CT molecular complexity index is 703. The highest BCUT2D eigenvalue weighted by atomic mass is 32.2. The van der Waals surface area contributed by atoms with Gasteiger partial charge in [0.1, 0.15) is 0 Å². The van der Waals surface area contributed by atoms with Gasteiger partial charge in [-0.15, -0.1) is 22.7 Å². The van der Waals surface area contributed by atoms with Crippen molar-refractivity contribution in [1.82, 2.24) is 9.29 Å². The molecule has 0 saturated heterocycles. The van der Waals surface area contributed by atoms with Crippen LogP contribution in [-0.2, 0) is 23.1 Å². The first kappa shape index (κ1) is 15.6. The molecule has 0 bridgehead atoms. The van der Waals surface area contributed by atoms with E-state index in [0.29, 0.717) is 18.0 Å². The van der Waals surface area contributed by atoms with E-state index in [-0.39, 0.29) is 0 Å². The minimum atomic E-state index is -3.48. The summed E-state index contributed by atoms with van der Waals surface area (Å²) >= 11 is 2.90. The van der Waals surface area contributed by atoms with Gasteiger partial charge >= 0.3 is 0 Å². The molecule has 5 nitrogen and oxygen atoms in total. The molecule has 0 unspecified atom stereocenters. The Hall–Kier alpha value is -0.800. The zero-order chi connectivity index (χ0) is 14.9. The maximum Gasteiger partial charge on any atom is 0.244 e. The van der Waals surface area contributed by atoms with E-state index >= 15 is 0 Å². The Morgan fingerprint density at radius 1 is 1.40 bits per heavy atom. The van der Waals surface area contributed by atoms with E-state index in [1.54, 1.807) is 18.6 Å². The molecule has 0 amide bonds. The summed E-state index contributed by atoms with van der Waals surface area (Å²) in [5, 5.41) is 0. The number of thiophene rings is 1. The average molecular weight is 331 g/mol. The molecule has 0 saturated carbocycles. The molecule has 8 heteroatoms. The molecule has 2 rings (SSSR count). The fourth-order valence-corrected chi connectivity index (χ4v) is 5.34. The van der Waals surface area contributed by atoms with Crippen molar-refractivity contribution >= 4 is 32.7 Å². The van der Waals surface area contributed by atoms with Crippen molar-refractivity contribution < 1.29 is 8.42 Å². The molecule has 0 radical (unpaired) electrons. The predicted octanol–water partition coefficient (Wildman–Crippen LogP) is 2.10. The van der Waals surface area contributed by atoms with Gasteiger partial charge in [-0.2, -0.15) is 4.31 Å². The standard InChI is InChI=1S/C12H17N3O2S3/c1-8-11(18-7-14-8)6-15(3)20(16,17)12-4-10(5-13)19-9(12)2/h4,7H,5-6,13H2,1-3H3. The van der Waals surface area contributed by atoms with Gasteiger partial charge in [0.2, 0.25) is 10.0 Å². The Kier molecular flexibility index (Phi) is 4.60. The van der Waals surface area contributed by atoms with Crippen LogP contribution in [0.3, 0.4) is 0 Å². The third-order valence-electron chi connectivity index (χ3n) is 3.02. The summed E-state index contributed by atoms with van der Waals surface area (Å²) in [6.07, 6.45) is 0. The van der Waals surface area contributed by atoms with Crippen molar-refractivity contribution in [1.29, 1.82) is 0 Å². The van der Waals surface area contributed by atoms with Crippen LogP contribution in [0.5, 0.6) is 0 Å². The number of aromatic nitrogens is 1. The lowest BCUT2D eigenvalue weighted by molar-refractivity contribution is 0.468. The van der Waals surface area contributed by atoms with Crippen LogP contribution >= 0.6 is 22.7 Å². The molecule has 0 fully saturated rings. The van der Waals surface area contributed by atoms with Crippen LogP contribution in [0.25, 0.3) is 0 Å². The molecule has 110 valence electrons. The Morgan fingerprint density at radius 2 is 2.10 bits per heavy atom. The molecule has 2 aromatic heterocycles. The molecular weight excluding hydrogens is 314 g/mol. The zero-order valence-corrected chi connectivity index (χ0v) is 14.0. The van der Waals surface area contributed by atoms with E-state index < -0.39 is 10.0 Å². The van der Waals surface area contributed by atoms with Crippen LogP contribution in [-0.4, -0.2) is 24.8 Å². The SMILES string of the molecule is Cc1ncsc1CN(C)S(=O)(=O)c1cc(CN)sc1C. The van der Waals surface area contributed by atoms with Gasteiger partial charge in [-0.05, 0) is 19.9 Å². The fourth-order valence-electron chi connectivity index (χ4n) is 1.81. The lowest BCUT2D eigenvalue weighted by atomic mass is 10.4. The summed E-state index contributed by atoms with van der Waals surface area (Å²) in [4.78, 5) is 7.11. The van der Waals surface area contributed by atoms with Gasteiger partial charge < -0.3 is 5.73 Å². The van der Waals surface area contributed by atoms with Gasteiger partial charge in [0.25, 0.3) is 0 Å². The molecule has 0 aliphatic carbocycles. The molecule has 0 aliphatic heterocycles. The minimum Gasteiger partial charge on any atom is -0.326 e. The summed E-state index contributed by atoms with van der Waals surface area (Å²) in [5.74, 6) is 0. The van der Waals surface area contributed by atoms with E-state index in [4.69, 9.17) is 5.73 Å². The van der Waals surface area contributed by atoms with E-state index in [1.807, 2.05) is 13.8 Å². The average Bonchev–Trinajstić information content (AvgIpc) is 2.96. The summed E-state index contributed by atoms with van der Waals surface area (Å²) in [5.41, 5.74) is 8.18. The molecule has 0 atom stereocenters. The normalized spacial score (nSPS) is 12.2. The number of nitrogens with zero attached hydrogens (tertiary/aromatic N) is 2. The second-order valence-electron chi connectivity index (χ2n) is 4.46. The molecule has 0 aromatic carbocycles. The van der Waals surface area contributed by atoms with Gasteiger partial charge in [0.15, 0.2) is 0 Å². The maximum atomic E-state index is 12.6. The number of hydrogen-bond donors (Lipinski definition) is 1. The van der Waals surface area contributed by atoms with E-state index in [1.165, 1.54) is 27.0 Å². The van der Waals surface area contributed by atoms with E-state index in [9.17, 15) is 8.42 Å². The Balaban J connectivity index is 2.29. The number of rotatable bonds is 5. The first-order chi connectivity index (χ1) is 9.36. The van der Waals surface area contributed by atoms with E-state index in [2.05, 4.69) is 4.98 Å². The molecule has 20 heavy (non-hydrogen) atoms. The van der Waals surface area contributed by atoms with Crippen molar-refractivity contribution in [3.8, 4) is 0 Å². The van der Waals surface area contributed by atoms with Crippen LogP contribution in [0, 0.1) is 13.8 Å². The third kappa shape index (κ3) is 2.94. The van der Waals surface area contributed by atoms with Gasteiger partial charge in [-0.1, -0.05) is 0 Å². The summed E-state index contributed by atoms with van der Waals surface area (Å²) in [7, 11) is -1.89. The van der Waals surface area contributed by atoms with Crippen LogP contribution in [0.1, 0.15) is 20.3 Å². The molecular formula is C12H17N3O2S3. The topological polar surface area (TPSA) is 76.3 Å². The van der Waals surface area contributed by atoms with Gasteiger partial charge in [-0.25, -0.2) is 13.4 Å². The van der Waals surface area contributed by atoms with Gasteiger partial charge in [0.05, 0.1) is 16.1 Å². The molecule has 2 heterocycles. The smallest absolute Gasteiger partial charge is 0.244 e. The maximum absolute atomic E-state index is 12.6. The number of nitrogens with two attached hydrogens (primary N) is 1. The van der Waals surface area contributed by atoms with Crippen LogP contribution in [0.4, 0.5) is 0 Å². The highest BCUT2D eigenvalue weighted by Crippen LogP contribution is 2.28. The summed E-state index contributed by atoms with van der Waals surface area (Å²) in [6, 6.07) is 1.67. The largest absolute Gasteiger partial charge is 0.326 e. The molecule has 0 aliphatic rings. The van der Waals surface area contributed by atoms with Crippen molar-refractivity contribution in [3.05, 3.63) is 31.9 Å². The first-order valence-electron chi connectivity index (χ1n) is 6.01. The van der Waals surface area contributed by atoms with Gasteiger partial charge in [-0.3, -0.25) is 0 Å². The Morgan fingerprint density at radius 3 is 2.60 bits per heavy atom. The first-order valence-corrected chi connectivity index (χ1v) is 9.14. The quantitative estimate of drug-likeness (QED) is 0.910. The fraction of sp³-hybridized carbons (Fsp3) is 0.417. The van der Waals surface area contributed by atoms with Gasteiger partial charge in [0, 0.05) is 34.8 Å². The second kappa shape index (κ2) is 5.90. The number of aryl methyl sites for hydroxylation is 2. The Labute approximate surface area is 127 Å². The molecule has 2 aromatic rings. The highest BCUT2D eigenvalue weighted by Gasteiger charge is 2.25. The van der Waals surface area contributed by atoms with Crippen molar-refractivity contribution in [2.75, 3.05) is 7.05 Å².